The Bertz CT molecular complexity index is 554. The van der Waals surface area contributed by atoms with Crippen molar-refractivity contribution in [3.8, 4) is 0 Å². The molecule has 0 aliphatic carbocycles. The van der Waals surface area contributed by atoms with E-state index in [0.717, 1.165) is 17.5 Å². The molecule has 0 spiro atoms. The van der Waals surface area contributed by atoms with Gasteiger partial charge in [-0.3, -0.25) is 0 Å². The van der Waals surface area contributed by atoms with E-state index in [1.54, 1.807) is 23.1 Å². The fourth-order valence-electron chi connectivity index (χ4n) is 2.74. The molecule has 0 fully saturated rings. The molecular formula is C16H22N2O3. The molecule has 1 atom stereocenters. The van der Waals surface area contributed by atoms with Crippen LogP contribution in [-0.4, -0.2) is 28.0 Å². The number of urea groups is 1. The molecule has 0 saturated heterocycles. The Morgan fingerprint density at radius 3 is 2.52 bits per heavy atom. The van der Waals surface area contributed by atoms with E-state index in [2.05, 4.69) is 19.2 Å². The zero-order valence-corrected chi connectivity index (χ0v) is 12.7. The van der Waals surface area contributed by atoms with Crippen molar-refractivity contribution in [2.24, 2.45) is 5.92 Å². The van der Waals surface area contributed by atoms with Crippen LogP contribution in [0.25, 0.3) is 0 Å². The van der Waals surface area contributed by atoms with Gasteiger partial charge in [0.15, 0.2) is 0 Å². The minimum absolute atomic E-state index is 0.0868. The summed E-state index contributed by atoms with van der Waals surface area (Å²) in [7, 11) is 0. The van der Waals surface area contributed by atoms with Crippen LogP contribution in [0.2, 0.25) is 0 Å². The molecule has 0 saturated carbocycles. The first-order valence-electron chi connectivity index (χ1n) is 7.27. The molecule has 114 valence electrons. The van der Waals surface area contributed by atoms with E-state index >= 15 is 0 Å². The first-order chi connectivity index (χ1) is 9.86. The topological polar surface area (TPSA) is 69.6 Å². The molecule has 1 aliphatic rings. The van der Waals surface area contributed by atoms with Crippen molar-refractivity contribution in [2.75, 3.05) is 0 Å². The van der Waals surface area contributed by atoms with Gasteiger partial charge < -0.3 is 15.3 Å². The highest BCUT2D eigenvalue weighted by molar-refractivity contribution is 5.88. The normalized spacial score (nSPS) is 15.0. The van der Waals surface area contributed by atoms with Crippen molar-refractivity contribution in [1.29, 1.82) is 0 Å². The molecule has 1 aromatic carbocycles. The number of hydrogen-bond donors (Lipinski definition) is 2. The second kappa shape index (κ2) is 6.16. The van der Waals surface area contributed by atoms with Crippen molar-refractivity contribution < 1.29 is 14.7 Å². The van der Waals surface area contributed by atoms with E-state index in [4.69, 9.17) is 5.11 Å². The molecule has 1 unspecified atom stereocenters. The molecule has 5 nitrogen and oxygen atoms in total. The number of fused-ring (bicyclic) bond motifs is 1. The molecule has 21 heavy (non-hydrogen) atoms. The van der Waals surface area contributed by atoms with Gasteiger partial charge in [0, 0.05) is 19.1 Å². The van der Waals surface area contributed by atoms with Gasteiger partial charge in [0.1, 0.15) is 0 Å². The van der Waals surface area contributed by atoms with E-state index in [0.29, 0.717) is 19.0 Å². The quantitative estimate of drug-likeness (QED) is 0.896. The predicted molar refractivity (Wildman–Crippen MR) is 80.1 cm³/mol. The number of rotatable bonds is 4. The zero-order valence-electron chi connectivity index (χ0n) is 12.7. The molecule has 2 rings (SSSR count). The highest BCUT2D eigenvalue weighted by Crippen LogP contribution is 2.24. The highest BCUT2D eigenvalue weighted by atomic mass is 16.4. The number of aromatic carboxylic acids is 1. The first-order valence-corrected chi connectivity index (χ1v) is 7.27. The Kier molecular flexibility index (Phi) is 4.50. The van der Waals surface area contributed by atoms with Crippen LogP contribution >= 0.6 is 0 Å². The van der Waals surface area contributed by atoms with Crippen LogP contribution in [0.1, 0.15) is 48.7 Å². The second-order valence-corrected chi connectivity index (χ2v) is 6.12. The van der Waals surface area contributed by atoms with Crippen LogP contribution in [0.4, 0.5) is 4.79 Å². The van der Waals surface area contributed by atoms with Crippen molar-refractivity contribution in [3.05, 3.63) is 34.9 Å². The Morgan fingerprint density at radius 1 is 1.24 bits per heavy atom. The SMILES string of the molecule is CC(C)CC(C)NC(=O)N1Cc2ccc(C(=O)O)cc2C1. The largest absolute Gasteiger partial charge is 0.478 e. The van der Waals surface area contributed by atoms with Crippen molar-refractivity contribution in [1.82, 2.24) is 10.2 Å². The minimum atomic E-state index is -0.939. The molecule has 0 bridgehead atoms. The minimum Gasteiger partial charge on any atom is -0.478 e. The van der Waals surface area contributed by atoms with Crippen LogP contribution < -0.4 is 5.32 Å². The van der Waals surface area contributed by atoms with Gasteiger partial charge in [-0.25, -0.2) is 9.59 Å². The predicted octanol–water partition coefficient (Wildman–Crippen LogP) is 2.84. The van der Waals surface area contributed by atoms with Crippen molar-refractivity contribution in [3.63, 3.8) is 0 Å². The van der Waals surface area contributed by atoms with E-state index < -0.39 is 5.97 Å². The van der Waals surface area contributed by atoms with Crippen LogP contribution in [0.3, 0.4) is 0 Å². The number of nitrogens with zero attached hydrogens (tertiary/aromatic N) is 1. The lowest BCUT2D eigenvalue weighted by molar-refractivity contribution is 0.0696. The van der Waals surface area contributed by atoms with Gasteiger partial charge in [-0.2, -0.15) is 0 Å². The average molecular weight is 290 g/mol. The van der Waals surface area contributed by atoms with Gasteiger partial charge in [-0.15, -0.1) is 0 Å². The van der Waals surface area contributed by atoms with E-state index in [1.165, 1.54) is 0 Å². The van der Waals surface area contributed by atoms with Gasteiger partial charge >= 0.3 is 12.0 Å². The number of hydrogen-bond acceptors (Lipinski definition) is 2. The maximum atomic E-state index is 12.2. The second-order valence-electron chi connectivity index (χ2n) is 6.12. The molecule has 0 radical (unpaired) electrons. The van der Waals surface area contributed by atoms with Gasteiger partial charge in [0.05, 0.1) is 5.56 Å². The number of carboxylic acid groups (broad SMARTS) is 1. The highest BCUT2D eigenvalue weighted by Gasteiger charge is 2.25. The third kappa shape index (κ3) is 3.74. The molecule has 1 heterocycles. The van der Waals surface area contributed by atoms with Crippen LogP contribution in [0, 0.1) is 5.92 Å². The lowest BCUT2D eigenvalue weighted by atomic mass is 10.1. The summed E-state index contributed by atoms with van der Waals surface area (Å²) in [6.07, 6.45) is 0.940. The average Bonchev–Trinajstić information content (AvgIpc) is 2.80. The number of carboxylic acids is 1. The number of carbonyl (C=O) groups is 2. The van der Waals surface area contributed by atoms with Gasteiger partial charge in [-0.05, 0) is 42.5 Å². The van der Waals surface area contributed by atoms with Gasteiger partial charge in [0.2, 0.25) is 0 Å². The van der Waals surface area contributed by atoms with E-state index in [9.17, 15) is 9.59 Å². The Labute approximate surface area is 125 Å². The van der Waals surface area contributed by atoms with Crippen LogP contribution in [0.15, 0.2) is 18.2 Å². The summed E-state index contributed by atoms with van der Waals surface area (Å²) in [5.74, 6) is -0.402. The first kappa shape index (κ1) is 15.4. The summed E-state index contributed by atoms with van der Waals surface area (Å²) in [5.41, 5.74) is 2.21. The van der Waals surface area contributed by atoms with Crippen molar-refractivity contribution in [2.45, 2.75) is 46.3 Å². The monoisotopic (exact) mass is 290 g/mol. The van der Waals surface area contributed by atoms with Crippen LogP contribution in [-0.2, 0) is 13.1 Å². The molecule has 1 aromatic rings. The molecule has 2 amide bonds. The summed E-state index contributed by atoms with van der Waals surface area (Å²) in [4.78, 5) is 24.9. The fraction of sp³-hybridized carbons (Fsp3) is 0.500. The summed E-state index contributed by atoms with van der Waals surface area (Å²) in [5, 5.41) is 12.0. The Morgan fingerprint density at radius 2 is 1.90 bits per heavy atom. The van der Waals surface area contributed by atoms with E-state index in [1.807, 2.05) is 6.92 Å². The van der Waals surface area contributed by atoms with Crippen LogP contribution in [0.5, 0.6) is 0 Å². The van der Waals surface area contributed by atoms with Gasteiger partial charge in [0.25, 0.3) is 0 Å². The zero-order chi connectivity index (χ0) is 15.6. The standard InChI is InChI=1S/C16H22N2O3/c1-10(2)6-11(3)17-16(21)18-8-13-5-4-12(15(19)20)7-14(13)9-18/h4-5,7,10-11H,6,8-9H2,1-3H3,(H,17,21)(H,19,20). The molecule has 5 heteroatoms. The molecule has 1 aliphatic heterocycles. The summed E-state index contributed by atoms with van der Waals surface area (Å²) < 4.78 is 0. The molecular weight excluding hydrogens is 268 g/mol. The number of nitrogens with one attached hydrogen (secondary N) is 1. The molecule has 0 aromatic heterocycles. The fourth-order valence-corrected chi connectivity index (χ4v) is 2.74. The number of carbonyl (C=O) groups excluding carboxylic acids is 1. The summed E-state index contributed by atoms with van der Waals surface area (Å²) in [6, 6.07) is 5.09. The maximum absolute atomic E-state index is 12.2. The Hall–Kier alpha value is -2.04. The van der Waals surface area contributed by atoms with E-state index in [-0.39, 0.29) is 17.6 Å². The third-order valence-corrected chi connectivity index (χ3v) is 3.66. The molecule has 2 N–H and O–H groups in total. The number of amides is 2. The summed E-state index contributed by atoms with van der Waals surface area (Å²) >= 11 is 0. The summed E-state index contributed by atoms with van der Waals surface area (Å²) in [6.45, 7) is 7.26. The van der Waals surface area contributed by atoms with Gasteiger partial charge in [-0.1, -0.05) is 19.9 Å². The third-order valence-electron chi connectivity index (χ3n) is 3.66. The lowest BCUT2D eigenvalue weighted by Gasteiger charge is -2.21. The van der Waals surface area contributed by atoms with Crippen molar-refractivity contribution >= 4 is 12.0 Å². The lowest BCUT2D eigenvalue weighted by Crippen LogP contribution is -2.41. The number of benzene rings is 1. The maximum Gasteiger partial charge on any atom is 0.335 e. The smallest absolute Gasteiger partial charge is 0.335 e. The Balaban J connectivity index is 1.99.